The maximum absolute atomic E-state index is 9.44. The molecule has 0 bridgehead atoms. The van der Waals surface area contributed by atoms with E-state index in [-0.39, 0.29) is 6.61 Å². The fraction of sp³-hybridized carbons (Fsp3) is 0.600. The number of hydrogen-bond acceptors (Lipinski definition) is 2. The van der Waals surface area contributed by atoms with Crippen molar-refractivity contribution in [3.05, 3.63) is 28.8 Å². The first-order valence-corrected chi connectivity index (χ1v) is 7.10. The van der Waals surface area contributed by atoms with Gasteiger partial charge in [0.05, 0.1) is 17.3 Å². The predicted octanol–water partition coefficient (Wildman–Crippen LogP) is 3.85. The molecule has 3 heteroatoms. The number of anilines is 1. The van der Waals surface area contributed by atoms with E-state index in [2.05, 4.69) is 18.7 Å². The van der Waals surface area contributed by atoms with Crippen LogP contribution in [-0.2, 0) is 6.61 Å². The molecule has 0 aromatic heterocycles. The van der Waals surface area contributed by atoms with E-state index >= 15 is 0 Å². The molecule has 2 rings (SSSR count). The summed E-state index contributed by atoms with van der Waals surface area (Å²) in [6.45, 7) is 6.74. The molecule has 0 spiro atoms. The molecule has 100 valence electrons. The summed E-state index contributed by atoms with van der Waals surface area (Å²) in [5.74, 6) is 0. The highest BCUT2D eigenvalue weighted by atomic mass is 35.5. The Bertz CT molecular complexity index is 411. The van der Waals surface area contributed by atoms with Gasteiger partial charge < -0.3 is 10.0 Å². The number of piperidine rings is 1. The molecule has 1 heterocycles. The molecule has 1 fully saturated rings. The van der Waals surface area contributed by atoms with Gasteiger partial charge in [-0.25, -0.2) is 0 Å². The average molecular weight is 268 g/mol. The second kappa shape index (κ2) is 5.50. The third-order valence-electron chi connectivity index (χ3n) is 4.38. The average Bonchev–Trinajstić information content (AvgIpc) is 2.40. The van der Waals surface area contributed by atoms with Crippen molar-refractivity contribution >= 4 is 17.3 Å². The molecular formula is C15H22ClNO. The predicted molar refractivity (Wildman–Crippen MR) is 77.2 cm³/mol. The summed E-state index contributed by atoms with van der Waals surface area (Å²) in [7, 11) is 0. The molecule has 0 aliphatic carbocycles. The van der Waals surface area contributed by atoms with Crippen LogP contribution in [-0.4, -0.2) is 18.2 Å². The van der Waals surface area contributed by atoms with Crippen LogP contribution in [0.1, 0.15) is 38.7 Å². The van der Waals surface area contributed by atoms with Crippen LogP contribution in [0.3, 0.4) is 0 Å². The molecule has 0 radical (unpaired) electrons. The molecule has 1 N–H and O–H groups in total. The van der Waals surface area contributed by atoms with Crippen LogP contribution in [0, 0.1) is 5.41 Å². The molecule has 0 unspecified atom stereocenters. The monoisotopic (exact) mass is 267 g/mol. The summed E-state index contributed by atoms with van der Waals surface area (Å²) in [6, 6.07) is 5.76. The van der Waals surface area contributed by atoms with Gasteiger partial charge in [-0.2, -0.15) is 0 Å². The number of hydrogen-bond donors (Lipinski definition) is 1. The standard InChI is InChI=1S/C15H22ClNO/c1-3-15(2)7-9-17(10-8-15)14-12(11-18)5-4-6-13(14)16/h4-6,18H,3,7-11H2,1-2H3. The summed E-state index contributed by atoms with van der Waals surface area (Å²) < 4.78 is 0. The second-order valence-corrected chi connectivity index (χ2v) is 5.96. The summed E-state index contributed by atoms with van der Waals surface area (Å²) in [4.78, 5) is 2.32. The lowest BCUT2D eigenvalue weighted by Crippen LogP contribution is -2.39. The van der Waals surface area contributed by atoms with Crippen LogP contribution < -0.4 is 4.90 Å². The van der Waals surface area contributed by atoms with Gasteiger partial charge in [-0.1, -0.05) is 44.0 Å². The van der Waals surface area contributed by atoms with Crippen molar-refractivity contribution in [1.82, 2.24) is 0 Å². The molecule has 18 heavy (non-hydrogen) atoms. The van der Waals surface area contributed by atoms with E-state index in [0.717, 1.165) is 29.4 Å². The fourth-order valence-electron chi connectivity index (χ4n) is 2.67. The van der Waals surface area contributed by atoms with Crippen LogP contribution in [0.5, 0.6) is 0 Å². The van der Waals surface area contributed by atoms with E-state index in [0.29, 0.717) is 5.41 Å². The number of rotatable bonds is 3. The first-order chi connectivity index (χ1) is 8.59. The molecule has 1 saturated heterocycles. The molecule has 1 aromatic rings. The Kier molecular flexibility index (Phi) is 4.18. The minimum Gasteiger partial charge on any atom is -0.392 e. The Morgan fingerprint density at radius 3 is 2.56 bits per heavy atom. The maximum atomic E-state index is 9.44. The lowest BCUT2D eigenvalue weighted by Gasteiger charge is -2.41. The van der Waals surface area contributed by atoms with Crippen molar-refractivity contribution in [1.29, 1.82) is 0 Å². The van der Waals surface area contributed by atoms with Crippen LogP contribution in [0.25, 0.3) is 0 Å². The SMILES string of the molecule is CCC1(C)CCN(c2c(Cl)cccc2CO)CC1. The quantitative estimate of drug-likeness (QED) is 0.899. The van der Waals surface area contributed by atoms with Crippen molar-refractivity contribution in [2.75, 3.05) is 18.0 Å². The zero-order valence-corrected chi connectivity index (χ0v) is 12.0. The zero-order valence-electron chi connectivity index (χ0n) is 11.2. The molecule has 0 amide bonds. The van der Waals surface area contributed by atoms with E-state index < -0.39 is 0 Å². The Morgan fingerprint density at radius 1 is 1.33 bits per heavy atom. The van der Waals surface area contributed by atoms with Gasteiger partial charge in [-0.15, -0.1) is 0 Å². The first kappa shape index (κ1) is 13.7. The molecule has 0 saturated carbocycles. The molecule has 0 atom stereocenters. The number of benzene rings is 1. The Morgan fingerprint density at radius 2 is 2.00 bits per heavy atom. The number of nitrogens with zero attached hydrogens (tertiary/aromatic N) is 1. The molecule has 1 aliphatic heterocycles. The van der Waals surface area contributed by atoms with Crippen LogP contribution >= 0.6 is 11.6 Å². The lowest BCUT2D eigenvalue weighted by molar-refractivity contribution is 0.237. The van der Waals surface area contributed by atoms with Gasteiger partial charge in [0.15, 0.2) is 0 Å². The van der Waals surface area contributed by atoms with Gasteiger partial charge in [0.25, 0.3) is 0 Å². The van der Waals surface area contributed by atoms with E-state index in [9.17, 15) is 5.11 Å². The Labute approximate surface area is 115 Å². The highest BCUT2D eigenvalue weighted by Gasteiger charge is 2.29. The van der Waals surface area contributed by atoms with Gasteiger partial charge in [-0.3, -0.25) is 0 Å². The zero-order chi connectivity index (χ0) is 13.2. The van der Waals surface area contributed by atoms with Crippen LogP contribution in [0.4, 0.5) is 5.69 Å². The highest BCUT2D eigenvalue weighted by molar-refractivity contribution is 6.33. The highest BCUT2D eigenvalue weighted by Crippen LogP contribution is 2.38. The van der Waals surface area contributed by atoms with Crippen LogP contribution in [0.15, 0.2) is 18.2 Å². The van der Waals surface area contributed by atoms with E-state index in [1.807, 2.05) is 18.2 Å². The normalized spacial score (nSPS) is 19.0. The first-order valence-electron chi connectivity index (χ1n) is 6.73. The van der Waals surface area contributed by atoms with Crippen molar-refractivity contribution in [2.24, 2.45) is 5.41 Å². The van der Waals surface area contributed by atoms with E-state index in [1.54, 1.807) is 0 Å². The number of aliphatic hydroxyl groups excluding tert-OH is 1. The van der Waals surface area contributed by atoms with Gasteiger partial charge in [0.1, 0.15) is 0 Å². The molecule has 2 nitrogen and oxygen atoms in total. The van der Waals surface area contributed by atoms with Crippen molar-refractivity contribution in [2.45, 2.75) is 39.7 Å². The van der Waals surface area contributed by atoms with E-state index in [4.69, 9.17) is 11.6 Å². The van der Waals surface area contributed by atoms with Crippen molar-refractivity contribution in [3.63, 3.8) is 0 Å². The summed E-state index contributed by atoms with van der Waals surface area (Å²) >= 11 is 6.29. The van der Waals surface area contributed by atoms with Gasteiger partial charge in [0.2, 0.25) is 0 Å². The van der Waals surface area contributed by atoms with Crippen molar-refractivity contribution in [3.8, 4) is 0 Å². The largest absolute Gasteiger partial charge is 0.392 e. The van der Waals surface area contributed by atoms with Gasteiger partial charge in [0, 0.05) is 18.7 Å². The van der Waals surface area contributed by atoms with Crippen molar-refractivity contribution < 1.29 is 5.11 Å². The smallest absolute Gasteiger partial charge is 0.0702 e. The Balaban J connectivity index is 2.19. The number of aliphatic hydroxyl groups is 1. The van der Waals surface area contributed by atoms with E-state index in [1.165, 1.54) is 19.3 Å². The number of halogens is 1. The third kappa shape index (κ3) is 2.65. The fourth-order valence-corrected chi connectivity index (χ4v) is 2.98. The number of para-hydroxylation sites is 1. The molecule has 1 aromatic carbocycles. The Hall–Kier alpha value is -0.730. The van der Waals surface area contributed by atoms with Crippen LogP contribution in [0.2, 0.25) is 5.02 Å². The summed E-state index contributed by atoms with van der Waals surface area (Å²) in [5.41, 5.74) is 2.43. The second-order valence-electron chi connectivity index (χ2n) is 5.56. The lowest BCUT2D eigenvalue weighted by atomic mass is 9.78. The summed E-state index contributed by atoms with van der Waals surface area (Å²) in [5, 5.41) is 10.2. The van der Waals surface area contributed by atoms with Gasteiger partial charge in [-0.05, 0) is 24.3 Å². The minimum atomic E-state index is 0.0530. The summed E-state index contributed by atoms with van der Waals surface area (Å²) in [6.07, 6.45) is 3.62. The maximum Gasteiger partial charge on any atom is 0.0702 e. The third-order valence-corrected chi connectivity index (χ3v) is 4.69. The topological polar surface area (TPSA) is 23.5 Å². The van der Waals surface area contributed by atoms with Gasteiger partial charge >= 0.3 is 0 Å². The molecule has 1 aliphatic rings. The minimum absolute atomic E-state index is 0.0530. The molecular weight excluding hydrogens is 246 g/mol.